The van der Waals surface area contributed by atoms with Gasteiger partial charge in [-0.3, -0.25) is 4.79 Å². The van der Waals surface area contributed by atoms with E-state index in [1.165, 1.54) is 7.05 Å². The minimum atomic E-state index is -0.754. The number of aromatic nitrogens is 3. The Hall–Kier alpha value is -2.40. The summed E-state index contributed by atoms with van der Waals surface area (Å²) in [6.07, 6.45) is 2.88. The molecule has 0 aromatic carbocycles. The number of nitriles is 1. The SMILES string of the molecule is C[n+]1noc([O-])c1C(=O)CSc1nc2c(cc1C#N)CCC2. The maximum absolute atomic E-state index is 12.1. The molecule has 3 rings (SSSR count). The molecule has 0 aliphatic heterocycles. The predicted octanol–water partition coefficient (Wildman–Crippen LogP) is 0.303. The number of rotatable bonds is 4. The highest BCUT2D eigenvalue weighted by molar-refractivity contribution is 8.00. The van der Waals surface area contributed by atoms with Gasteiger partial charge in [0.15, 0.2) is 13.0 Å². The summed E-state index contributed by atoms with van der Waals surface area (Å²) in [6.45, 7) is 0. The summed E-state index contributed by atoms with van der Waals surface area (Å²) in [5.41, 5.74) is 2.47. The molecule has 8 heteroatoms. The number of aryl methyl sites for hydroxylation is 3. The van der Waals surface area contributed by atoms with Gasteiger partial charge in [-0.1, -0.05) is 16.4 Å². The van der Waals surface area contributed by atoms with Gasteiger partial charge in [-0.05, 0) is 30.9 Å². The standard InChI is InChI=1S/C14H12N4O3S/c1-18-12(14(20)21-17-18)11(19)7-22-13-9(6-15)5-8-3-2-4-10(8)16-13/h5H,2-4,7H2,1H3. The number of nitrogens with zero attached hydrogens (tertiary/aromatic N) is 4. The number of fused-ring (bicyclic) bond motifs is 1. The molecule has 0 spiro atoms. The highest BCUT2D eigenvalue weighted by Crippen LogP contribution is 2.28. The molecule has 0 atom stereocenters. The van der Waals surface area contributed by atoms with Gasteiger partial charge in [0.05, 0.1) is 16.6 Å². The van der Waals surface area contributed by atoms with E-state index in [-0.39, 0.29) is 11.4 Å². The van der Waals surface area contributed by atoms with Gasteiger partial charge < -0.3 is 9.63 Å². The minimum absolute atomic E-state index is 0.00472. The van der Waals surface area contributed by atoms with Gasteiger partial charge in [0.1, 0.15) is 11.1 Å². The van der Waals surface area contributed by atoms with E-state index >= 15 is 0 Å². The van der Waals surface area contributed by atoms with Crippen molar-refractivity contribution in [3.63, 3.8) is 0 Å². The number of carbonyl (C=O) groups excluding carboxylic acids is 1. The number of hydrogen-bond acceptors (Lipinski definition) is 7. The summed E-state index contributed by atoms with van der Waals surface area (Å²) in [5.74, 6) is -1.15. The molecule has 0 saturated carbocycles. The normalized spacial score (nSPS) is 12.9. The van der Waals surface area contributed by atoms with E-state index in [1.807, 2.05) is 6.07 Å². The fourth-order valence-electron chi connectivity index (χ4n) is 2.45. The maximum Gasteiger partial charge on any atom is 0.300 e. The molecule has 2 heterocycles. The minimum Gasteiger partial charge on any atom is -0.539 e. The van der Waals surface area contributed by atoms with Crippen molar-refractivity contribution >= 4 is 17.5 Å². The highest BCUT2D eigenvalue weighted by Gasteiger charge is 2.24. The molecule has 0 bridgehead atoms. The molecule has 0 fully saturated rings. The van der Waals surface area contributed by atoms with Crippen LogP contribution in [0.5, 0.6) is 5.95 Å². The van der Waals surface area contributed by atoms with Gasteiger partial charge >= 0.3 is 0 Å². The van der Waals surface area contributed by atoms with Crippen molar-refractivity contribution in [2.45, 2.75) is 24.3 Å². The summed E-state index contributed by atoms with van der Waals surface area (Å²) in [5, 5.41) is 24.6. The molecule has 0 saturated heterocycles. The summed E-state index contributed by atoms with van der Waals surface area (Å²) >= 11 is 1.16. The van der Waals surface area contributed by atoms with Crippen molar-refractivity contribution in [1.82, 2.24) is 10.3 Å². The molecule has 1 aliphatic carbocycles. The lowest BCUT2D eigenvalue weighted by molar-refractivity contribution is -0.741. The summed E-state index contributed by atoms with van der Waals surface area (Å²) in [4.78, 5) is 16.6. The zero-order valence-electron chi connectivity index (χ0n) is 11.8. The Morgan fingerprint density at radius 1 is 1.59 bits per heavy atom. The Morgan fingerprint density at radius 2 is 2.41 bits per heavy atom. The van der Waals surface area contributed by atoms with Gasteiger partial charge in [0, 0.05) is 5.69 Å². The molecular weight excluding hydrogens is 304 g/mol. The number of Topliss-reactive ketones (excluding diaryl/α,β-unsaturated/α-hetero) is 1. The van der Waals surface area contributed by atoms with E-state index in [2.05, 4.69) is 20.8 Å². The quantitative estimate of drug-likeness (QED) is 0.453. The van der Waals surface area contributed by atoms with Crippen LogP contribution in [0.4, 0.5) is 0 Å². The molecule has 0 radical (unpaired) electrons. The molecule has 0 amide bonds. The van der Waals surface area contributed by atoms with Crippen LogP contribution in [0.1, 0.15) is 33.7 Å². The number of hydrogen-bond donors (Lipinski definition) is 0. The van der Waals surface area contributed by atoms with Crippen LogP contribution in [-0.4, -0.2) is 21.8 Å². The van der Waals surface area contributed by atoms with Gasteiger partial charge in [-0.2, -0.15) is 5.26 Å². The first-order valence-electron chi connectivity index (χ1n) is 6.72. The molecule has 7 nitrogen and oxygen atoms in total. The monoisotopic (exact) mass is 316 g/mol. The summed E-state index contributed by atoms with van der Waals surface area (Å²) in [6, 6.07) is 3.96. The third-order valence-electron chi connectivity index (χ3n) is 3.50. The topological polar surface area (TPSA) is 107 Å². The molecule has 2 aromatic rings. The van der Waals surface area contributed by atoms with Gasteiger partial charge in [0.25, 0.3) is 5.69 Å². The van der Waals surface area contributed by atoms with Crippen LogP contribution in [0, 0.1) is 11.3 Å². The van der Waals surface area contributed by atoms with Crippen LogP contribution in [0.3, 0.4) is 0 Å². The van der Waals surface area contributed by atoms with Crippen molar-refractivity contribution in [3.05, 3.63) is 28.6 Å². The lowest BCUT2D eigenvalue weighted by Crippen LogP contribution is -2.37. The lowest BCUT2D eigenvalue weighted by atomic mass is 10.2. The van der Waals surface area contributed by atoms with Gasteiger partial charge in [-0.15, -0.1) is 0 Å². The summed E-state index contributed by atoms with van der Waals surface area (Å²) in [7, 11) is 1.47. The van der Waals surface area contributed by atoms with Crippen molar-refractivity contribution < 1.29 is 19.1 Å². The molecule has 112 valence electrons. The average molecular weight is 316 g/mol. The number of thioether (sulfide) groups is 1. The molecule has 1 aliphatic rings. The third-order valence-corrected chi connectivity index (χ3v) is 4.49. The van der Waals surface area contributed by atoms with E-state index in [1.54, 1.807) is 0 Å². The predicted molar refractivity (Wildman–Crippen MR) is 73.2 cm³/mol. The van der Waals surface area contributed by atoms with Crippen molar-refractivity contribution in [3.8, 4) is 12.0 Å². The van der Waals surface area contributed by atoms with Gasteiger partial charge in [-0.25, -0.2) is 4.98 Å². The Morgan fingerprint density at radius 3 is 3.09 bits per heavy atom. The Bertz CT molecular complexity index is 775. The Balaban J connectivity index is 1.80. The molecule has 22 heavy (non-hydrogen) atoms. The van der Waals surface area contributed by atoms with Crippen molar-refractivity contribution in [2.75, 3.05) is 5.75 Å². The molecule has 0 N–H and O–H groups in total. The van der Waals surface area contributed by atoms with Crippen LogP contribution < -0.4 is 9.79 Å². The molecule has 2 aromatic heterocycles. The van der Waals surface area contributed by atoms with Crippen molar-refractivity contribution in [2.24, 2.45) is 7.05 Å². The second-order valence-corrected chi connectivity index (χ2v) is 5.92. The van der Waals surface area contributed by atoms with Gasteiger partial charge in [0.2, 0.25) is 5.78 Å². The lowest BCUT2D eigenvalue weighted by Gasteiger charge is -2.05. The highest BCUT2D eigenvalue weighted by atomic mass is 32.2. The van der Waals surface area contributed by atoms with E-state index in [0.717, 1.165) is 47.0 Å². The maximum atomic E-state index is 12.1. The van der Waals surface area contributed by atoms with Crippen molar-refractivity contribution in [1.29, 1.82) is 5.26 Å². The van der Waals surface area contributed by atoms with E-state index < -0.39 is 11.7 Å². The second kappa shape index (κ2) is 5.77. The first-order chi connectivity index (χ1) is 10.6. The summed E-state index contributed by atoms with van der Waals surface area (Å²) < 4.78 is 5.55. The molecule has 0 unspecified atom stereocenters. The second-order valence-electron chi connectivity index (χ2n) is 4.96. The first kappa shape index (κ1) is 14.5. The van der Waals surface area contributed by atoms with E-state index in [0.29, 0.717) is 10.6 Å². The van der Waals surface area contributed by atoms with Crippen LogP contribution in [0.2, 0.25) is 0 Å². The van der Waals surface area contributed by atoms with Crippen LogP contribution in [0.15, 0.2) is 15.6 Å². The first-order valence-corrected chi connectivity index (χ1v) is 7.70. The molecular formula is C14H12N4O3S. The number of ketones is 1. The Kier molecular flexibility index (Phi) is 3.81. The fraction of sp³-hybridized carbons (Fsp3) is 0.357. The number of carbonyl (C=O) groups is 1. The Labute approximate surface area is 130 Å². The average Bonchev–Trinajstić information content (AvgIpc) is 3.09. The number of pyridine rings is 1. The zero-order valence-corrected chi connectivity index (χ0v) is 12.6. The third kappa shape index (κ3) is 2.55. The van der Waals surface area contributed by atoms with Crippen LogP contribution >= 0.6 is 11.8 Å². The zero-order chi connectivity index (χ0) is 15.7. The van der Waals surface area contributed by atoms with Crippen LogP contribution in [0.25, 0.3) is 0 Å². The van der Waals surface area contributed by atoms with E-state index in [4.69, 9.17) is 0 Å². The van der Waals surface area contributed by atoms with Crippen LogP contribution in [-0.2, 0) is 19.9 Å². The largest absolute Gasteiger partial charge is 0.539 e. The fourth-order valence-corrected chi connectivity index (χ4v) is 3.29. The smallest absolute Gasteiger partial charge is 0.300 e. The van der Waals surface area contributed by atoms with E-state index in [9.17, 15) is 15.2 Å².